The topological polar surface area (TPSA) is 97.6 Å². The number of rotatable bonds is 3. The van der Waals surface area contributed by atoms with Gasteiger partial charge < -0.3 is 0 Å². The number of benzene rings is 1. The van der Waals surface area contributed by atoms with Crippen molar-refractivity contribution >= 4 is 0 Å². The number of hydrogen-bond donors (Lipinski definition) is 0. The number of nitriles is 1. The molecule has 0 aliphatic carbocycles. The lowest BCUT2D eigenvalue weighted by molar-refractivity contribution is 0.378. The summed E-state index contributed by atoms with van der Waals surface area (Å²) in [4.78, 5) is 19.8. The fourth-order valence-electron chi connectivity index (χ4n) is 1.87. The first-order chi connectivity index (χ1) is 10.3. The van der Waals surface area contributed by atoms with Gasteiger partial charge in [-0.3, -0.25) is 14.1 Å². The van der Waals surface area contributed by atoms with Gasteiger partial charge in [0.15, 0.2) is 0 Å². The van der Waals surface area contributed by atoms with Gasteiger partial charge in [0.2, 0.25) is 5.82 Å². The summed E-state index contributed by atoms with van der Waals surface area (Å²) >= 11 is 0. The highest BCUT2D eigenvalue weighted by atomic mass is 16.5. The molecule has 0 N–H and O–H groups in total. The minimum atomic E-state index is -0.569. The zero-order valence-electron chi connectivity index (χ0n) is 10.8. The van der Waals surface area contributed by atoms with Gasteiger partial charge in [0.1, 0.15) is 5.69 Å². The summed E-state index contributed by atoms with van der Waals surface area (Å²) in [6, 6.07) is 8.98. The lowest BCUT2D eigenvalue weighted by Gasteiger charge is -2.04. The summed E-state index contributed by atoms with van der Waals surface area (Å²) in [6.07, 6.45) is 4.56. The Bertz CT molecular complexity index is 844. The Balaban J connectivity index is 1.97. The Kier molecular flexibility index (Phi) is 3.27. The van der Waals surface area contributed by atoms with Gasteiger partial charge in [-0.05, 0) is 17.7 Å². The van der Waals surface area contributed by atoms with Crippen molar-refractivity contribution in [2.45, 2.75) is 6.54 Å². The first-order valence-electron chi connectivity index (χ1n) is 6.10. The molecule has 7 nitrogen and oxygen atoms in total. The monoisotopic (exact) mass is 279 g/mol. The third-order valence-corrected chi connectivity index (χ3v) is 2.90. The quantitative estimate of drug-likeness (QED) is 0.714. The molecule has 7 heteroatoms. The Labute approximate surface area is 119 Å². The normalized spacial score (nSPS) is 10.2. The molecule has 0 saturated heterocycles. The molecule has 1 aromatic carbocycles. The molecule has 0 fully saturated rings. The molecule has 0 atom stereocenters. The molecular weight excluding hydrogens is 270 g/mol. The van der Waals surface area contributed by atoms with Crippen LogP contribution in [0.5, 0.6) is 0 Å². The maximum Gasteiger partial charge on any atom is 0.442 e. The second-order valence-electron chi connectivity index (χ2n) is 4.26. The average molecular weight is 279 g/mol. The van der Waals surface area contributed by atoms with Crippen molar-refractivity contribution in [1.82, 2.24) is 19.7 Å². The molecule has 0 bridgehead atoms. The summed E-state index contributed by atoms with van der Waals surface area (Å²) in [5, 5.41) is 12.5. The molecular formula is C14H9N5O2. The van der Waals surface area contributed by atoms with Crippen LogP contribution in [-0.2, 0) is 6.54 Å². The van der Waals surface area contributed by atoms with Crippen LogP contribution in [0.4, 0.5) is 0 Å². The Morgan fingerprint density at radius 1 is 1.24 bits per heavy atom. The van der Waals surface area contributed by atoms with E-state index in [9.17, 15) is 4.79 Å². The molecule has 0 unspecified atom stereocenters. The highest BCUT2D eigenvalue weighted by molar-refractivity contribution is 5.46. The van der Waals surface area contributed by atoms with Crippen LogP contribution >= 0.6 is 0 Å². The predicted molar refractivity (Wildman–Crippen MR) is 72.0 cm³/mol. The Morgan fingerprint density at radius 3 is 2.71 bits per heavy atom. The smallest absolute Gasteiger partial charge is 0.295 e. The lowest BCUT2D eigenvalue weighted by atomic mass is 10.1. The van der Waals surface area contributed by atoms with Gasteiger partial charge in [-0.25, -0.2) is 9.78 Å². The second-order valence-corrected chi connectivity index (χ2v) is 4.26. The van der Waals surface area contributed by atoms with Gasteiger partial charge in [0.25, 0.3) is 0 Å². The molecule has 2 aromatic heterocycles. The highest BCUT2D eigenvalue weighted by Crippen LogP contribution is 2.13. The summed E-state index contributed by atoms with van der Waals surface area (Å²) in [5.41, 5.74) is 1.87. The van der Waals surface area contributed by atoms with Crippen LogP contribution < -0.4 is 5.76 Å². The molecule has 0 aliphatic heterocycles. The third-order valence-electron chi connectivity index (χ3n) is 2.90. The van der Waals surface area contributed by atoms with Crippen molar-refractivity contribution in [2.24, 2.45) is 0 Å². The molecule has 0 aliphatic rings. The van der Waals surface area contributed by atoms with Crippen molar-refractivity contribution in [3.05, 3.63) is 64.5 Å². The van der Waals surface area contributed by atoms with Crippen molar-refractivity contribution < 1.29 is 4.52 Å². The molecule has 3 rings (SSSR count). The van der Waals surface area contributed by atoms with Crippen LogP contribution in [0.15, 0.2) is 52.2 Å². The zero-order chi connectivity index (χ0) is 14.7. The van der Waals surface area contributed by atoms with Crippen molar-refractivity contribution in [1.29, 1.82) is 5.26 Å². The molecule has 3 aromatic rings. The van der Waals surface area contributed by atoms with Crippen LogP contribution in [0.25, 0.3) is 11.5 Å². The van der Waals surface area contributed by atoms with Gasteiger partial charge in [0, 0.05) is 12.4 Å². The fourth-order valence-corrected chi connectivity index (χ4v) is 1.87. The lowest BCUT2D eigenvalue weighted by Crippen LogP contribution is -2.16. The van der Waals surface area contributed by atoms with Gasteiger partial charge in [-0.2, -0.15) is 5.26 Å². The van der Waals surface area contributed by atoms with Crippen LogP contribution in [0.2, 0.25) is 0 Å². The maximum absolute atomic E-state index is 11.8. The molecule has 0 spiro atoms. The Morgan fingerprint density at radius 2 is 2.05 bits per heavy atom. The van der Waals surface area contributed by atoms with E-state index in [1.165, 1.54) is 23.2 Å². The average Bonchev–Trinajstić information content (AvgIpc) is 2.90. The molecule has 0 saturated carbocycles. The van der Waals surface area contributed by atoms with Gasteiger partial charge in [-0.15, -0.1) is 0 Å². The van der Waals surface area contributed by atoms with Crippen LogP contribution in [-0.4, -0.2) is 19.7 Å². The molecule has 21 heavy (non-hydrogen) atoms. The summed E-state index contributed by atoms with van der Waals surface area (Å²) in [5.74, 6) is -0.252. The zero-order valence-corrected chi connectivity index (χ0v) is 10.8. The van der Waals surface area contributed by atoms with Crippen LogP contribution in [0, 0.1) is 11.3 Å². The minimum absolute atomic E-state index is 0.278. The van der Waals surface area contributed by atoms with E-state index in [4.69, 9.17) is 9.78 Å². The maximum atomic E-state index is 11.8. The van der Waals surface area contributed by atoms with Crippen molar-refractivity contribution in [3.8, 4) is 17.6 Å². The standard InChI is InChI=1S/C14H9N5O2/c15-7-10-1-3-11(4-2-10)9-19-13(18-21-14(19)20)12-8-16-5-6-17-12/h1-6,8H,9H2. The second kappa shape index (κ2) is 5.38. The van der Waals surface area contributed by atoms with Gasteiger partial charge >= 0.3 is 5.76 Å². The van der Waals surface area contributed by atoms with E-state index in [-0.39, 0.29) is 6.54 Å². The Hall–Kier alpha value is -3.27. The summed E-state index contributed by atoms with van der Waals surface area (Å²) in [6.45, 7) is 0.278. The van der Waals surface area contributed by atoms with Crippen molar-refractivity contribution in [3.63, 3.8) is 0 Å². The van der Waals surface area contributed by atoms with Crippen molar-refractivity contribution in [2.75, 3.05) is 0 Å². The number of hydrogen-bond acceptors (Lipinski definition) is 6. The third kappa shape index (κ3) is 2.55. The molecule has 0 radical (unpaired) electrons. The van der Waals surface area contributed by atoms with E-state index in [1.54, 1.807) is 24.3 Å². The summed E-state index contributed by atoms with van der Waals surface area (Å²) in [7, 11) is 0. The van der Waals surface area contributed by atoms with E-state index < -0.39 is 5.76 Å². The van der Waals surface area contributed by atoms with Gasteiger partial charge in [-0.1, -0.05) is 17.3 Å². The SMILES string of the molecule is N#Cc1ccc(Cn2c(-c3cnccn3)noc2=O)cc1. The predicted octanol–water partition coefficient (Wildman–Crippen LogP) is 1.21. The first-order valence-corrected chi connectivity index (χ1v) is 6.10. The molecule has 0 amide bonds. The summed E-state index contributed by atoms with van der Waals surface area (Å²) < 4.78 is 6.07. The van der Waals surface area contributed by atoms with E-state index in [2.05, 4.69) is 15.1 Å². The van der Waals surface area contributed by atoms with Crippen LogP contribution in [0.1, 0.15) is 11.1 Å². The minimum Gasteiger partial charge on any atom is -0.295 e. The number of aromatic nitrogens is 4. The van der Waals surface area contributed by atoms with E-state index in [0.29, 0.717) is 17.1 Å². The van der Waals surface area contributed by atoms with E-state index in [0.717, 1.165) is 5.56 Å². The van der Waals surface area contributed by atoms with E-state index in [1.807, 2.05) is 6.07 Å². The fraction of sp³-hybridized carbons (Fsp3) is 0.0714. The largest absolute Gasteiger partial charge is 0.442 e. The van der Waals surface area contributed by atoms with Gasteiger partial charge in [0.05, 0.1) is 24.4 Å². The first kappa shape index (κ1) is 12.7. The molecule has 102 valence electrons. The van der Waals surface area contributed by atoms with E-state index >= 15 is 0 Å². The number of nitrogens with zero attached hydrogens (tertiary/aromatic N) is 5. The highest BCUT2D eigenvalue weighted by Gasteiger charge is 2.14. The van der Waals surface area contributed by atoms with Crippen LogP contribution in [0.3, 0.4) is 0 Å². The molecule has 2 heterocycles.